The van der Waals surface area contributed by atoms with Crippen LogP contribution in [0.5, 0.6) is 0 Å². The van der Waals surface area contributed by atoms with Gasteiger partial charge in [0.15, 0.2) is 0 Å². The average molecular weight is 207 g/mol. The largest absolute Gasteiger partial charge is 0.407 e. The van der Waals surface area contributed by atoms with E-state index in [4.69, 9.17) is 4.43 Å². The molecule has 1 aromatic rings. The lowest BCUT2D eigenvalue weighted by Gasteiger charge is -2.25. The standard InChI is InChI=1S/C12H19OSi/c1-5-14(13-12(2,3)4)11-9-7-6-8-10-11/h6-10H,5H2,1-4H3. The zero-order chi connectivity index (χ0) is 10.6. The van der Waals surface area contributed by atoms with E-state index in [1.54, 1.807) is 0 Å². The summed E-state index contributed by atoms with van der Waals surface area (Å²) in [6.45, 7) is 8.57. The van der Waals surface area contributed by atoms with Gasteiger partial charge in [-0.15, -0.1) is 0 Å². The van der Waals surface area contributed by atoms with Crippen molar-refractivity contribution in [2.45, 2.75) is 39.3 Å². The molecule has 1 rings (SSSR count). The SMILES string of the molecule is CC[Si](OC(C)(C)C)c1ccccc1. The second-order valence-electron chi connectivity index (χ2n) is 4.36. The number of hydrogen-bond acceptors (Lipinski definition) is 1. The van der Waals surface area contributed by atoms with Crippen molar-refractivity contribution in [3.8, 4) is 0 Å². The van der Waals surface area contributed by atoms with Gasteiger partial charge in [0.2, 0.25) is 9.04 Å². The van der Waals surface area contributed by atoms with Crippen LogP contribution in [0.4, 0.5) is 0 Å². The predicted octanol–water partition coefficient (Wildman–Crippen LogP) is 2.72. The van der Waals surface area contributed by atoms with Gasteiger partial charge < -0.3 is 4.43 Å². The first kappa shape index (κ1) is 11.5. The van der Waals surface area contributed by atoms with Crippen molar-refractivity contribution >= 4 is 14.2 Å². The Bertz CT molecular complexity index is 263. The van der Waals surface area contributed by atoms with Crippen molar-refractivity contribution in [2.75, 3.05) is 0 Å². The van der Waals surface area contributed by atoms with Crippen LogP contribution in [0.3, 0.4) is 0 Å². The smallest absolute Gasteiger partial charge is 0.247 e. The summed E-state index contributed by atoms with van der Waals surface area (Å²) in [5.74, 6) is 0. The van der Waals surface area contributed by atoms with Crippen LogP contribution in [0.15, 0.2) is 30.3 Å². The first-order valence-corrected chi connectivity index (χ1v) is 6.74. The van der Waals surface area contributed by atoms with E-state index in [1.165, 1.54) is 5.19 Å². The monoisotopic (exact) mass is 207 g/mol. The van der Waals surface area contributed by atoms with Gasteiger partial charge >= 0.3 is 0 Å². The molecule has 0 heterocycles. The van der Waals surface area contributed by atoms with Crippen molar-refractivity contribution in [1.82, 2.24) is 0 Å². The molecule has 0 spiro atoms. The zero-order valence-electron chi connectivity index (χ0n) is 9.50. The average Bonchev–Trinajstić information content (AvgIpc) is 2.14. The first-order chi connectivity index (χ1) is 6.53. The Morgan fingerprint density at radius 2 is 1.71 bits per heavy atom. The molecule has 0 saturated heterocycles. The summed E-state index contributed by atoms with van der Waals surface area (Å²) in [5, 5.41) is 1.37. The van der Waals surface area contributed by atoms with Crippen molar-refractivity contribution in [1.29, 1.82) is 0 Å². The third-order valence-corrected chi connectivity index (χ3v) is 4.32. The highest BCUT2D eigenvalue weighted by Gasteiger charge is 2.20. The van der Waals surface area contributed by atoms with E-state index in [9.17, 15) is 0 Å². The molecule has 1 aromatic carbocycles. The Hall–Kier alpha value is -0.603. The molecule has 0 N–H and O–H groups in total. The molecule has 1 radical (unpaired) electrons. The summed E-state index contributed by atoms with van der Waals surface area (Å²) in [5.41, 5.74) is -0.0276. The topological polar surface area (TPSA) is 9.23 Å². The molecule has 1 nitrogen and oxygen atoms in total. The van der Waals surface area contributed by atoms with Gasteiger partial charge in [-0.05, 0) is 32.0 Å². The van der Waals surface area contributed by atoms with Gasteiger partial charge in [0.05, 0.1) is 0 Å². The number of benzene rings is 1. The summed E-state index contributed by atoms with van der Waals surface area (Å²) < 4.78 is 6.07. The third-order valence-electron chi connectivity index (χ3n) is 1.85. The van der Waals surface area contributed by atoms with Crippen LogP contribution in [0.2, 0.25) is 6.04 Å². The molecule has 0 amide bonds. The second-order valence-corrected chi connectivity index (χ2v) is 6.69. The Labute approximate surface area is 88.8 Å². The maximum absolute atomic E-state index is 6.07. The highest BCUT2D eigenvalue weighted by molar-refractivity contribution is 6.67. The molecular weight excluding hydrogens is 188 g/mol. The molecule has 2 heteroatoms. The fourth-order valence-corrected chi connectivity index (χ4v) is 3.30. The third kappa shape index (κ3) is 3.64. The van der Waals surface area contributed by atoms with Gasteiger partial charge in [-0.3, -0.25) is 0 Å². The van der Waals surface area contributed by atoms with Crippen LogP contribution in [-0.4, -0.2) is 14.6 Å². The number of hydrogen-bond donors (Lipinski definition) is 0. The zero-order valence-corrected chi connectivity index (χ0v) is 10.5. The predicted molar refractivity (Wildman–Crippen MR) is 63.1 cm³/mol. The van der Waals surface area contributed by atoms with Crippen LogP contribution >= 0.6 is 0 Å². The highest BCUT2D eigenvalue weighted by atomic mass is 28.3. The lowest BCUT2D eigenvalue weighted by molar-refractivity contribution is 0.132. The van der Waals surface area contributed by atoms with E-state index < -0.39 is 9.04 Å². The van der Waals surface area contributed by atoms with E-state index in [1.807, 2.05) is 0 Å². The normalized spacial score (nSPS) is 12.1. The van der Waals surface area contributed by atoms with Gasteiger partial charge in [0, 0.05) is 5.60 Å². The molecule has 0 aliphatic carbocycles. The minimum Gasteiger partial charge on any atom is -0.407 e. The fraction of sp³-hybridized carbons (Fsp3) is 0.500. The maximum atomic E-state index is 6.07. The quantitative estimate of drug-likeness (QED) is 0.693. The molecule has 0 bridgehead atoms. The molecule has 14 heavy (non-hydrogen) atoms. The summed E-state index contributed by atoms with van der Waals surface area (Å²) in [4.78, 5) is 0. The molecule has 77 valence electrons. The minimum absolute atomic E-state index is 0.0276. The minimum atomic E-state index is -0.819. The Kier molecular flexibility index (Phi) is 3.90. The Morgan fingerprint density at radius 1 is 1.14 bits per heavy atom. The van der Waals surface area contributed by atoms with Crippen LogP contribution < -0.4 is 5.19 Å². The van der Waals surface area contributed by atoms with Gasteiger partial charge in [-0.2, -0.15) is 0 Å². The van der Waals surface area contributed by atoms with Crippen LogP contribution in [0, 0.1) is 0 Å². The molecule has 0 fully saturated rings. The van der Waals surface area contributed by atoms with Crippen LogP contribution in [-0.2, 0) is 4.43 Å². The Morgan fingerprint density at radius 3 is 2.14 bits per heavy atom. The summed E-state index contributed by atoms with van der Waals surface area (Å²) in [7, 11) is -0.819. The first-order valence-electron chi connectivity index (χ1n) is 5.13. The molecular formula is C12H19OSi. The van der Waals surface area contributed by atoms with Gasteiger partial charge in [0.25, 0.3) is 0 Å². The van der Waals surface area contributed by atoms with Crippen LogP contribution in [0.1, 0.15) is 27.7 Å². The molecule has 0 aliphatic heterocycles. The van der Waals surface area contributed by atoms with Gasteiger partial charge in [-0.1, -0.05) is 37.3 Å². The fourth-order valence-electron chi connectivity index (χ4n) is 1.33. The van der Waals surface area contributed by atoms with Gasteiger partial charge in [0.1, 0.15) is 0 Å². The van der Waals surface area contributed by atoms with E-state index in [2.05, 4.69) is 58.0 Å². The highest BCUT2D eigenvalue weighted by Crippen LogP contribution is 2.10. The van der Waals surface area contributed by atoms with E-state index in [0.29, 0.717) is 0 Å². The van der Waals surface area contributed by atoms with Crippen molar-refractivity contribution < 1.29 is 4.43 Å². The Balaban J connectivity index is 2.73. The molecule has 0 saturated carbocycles. The van der Waals surface area contributed by atoms with E-state index in [-0.39, 0.29) is 5.60 Å². The van der Waals surface area contributed by atoms with Gasteiger partial charge in [-0.25, -0.2) is 0 Å². The molecule has 0 unspecified atom stereocenters. The van der Waals surface area contributed by atoms with Crippen molar-refractivity contribution in [3.05, 3.63) is 30.3 Å². The molecule has 0 atom stereocenters. The lowest BCUT2D eigenvalue weighted by Crippen LogP contribution is -2.39. The number of rotatable bonds is 3. The van der Waals surface area contributed by atoms with Crippen molar-refractivity contribution in [3.63, 3.8) is 0 Å². The van der Waals surface area contributed by atoms with Crippen LogP contribution in [0.25, 0.3) is 0 Å². The molecule has 0 aromatic heterocycles. The van der Waals surface area contributed by atoms with Crippen molar-refractivity contribution in [2.24, 2.45) is 0 Å². The maximum Gasteiger partial charge on any atom is 0.247 e. The second kappa shape index (κ2) is 4.76. The lowest BCUT2D eigenvalue weighted by atomic mass is 10.2. The van der Waals surface area contributed by atoms with E-state index >= 15 is 0 Å². The molecule has 0 aliphatic rings. The van der Waals surface area contributed by atoms with E-state index in [0.717, 1.165) is 6.04 Å². The summed E-state index contributed by atoms with van der Waals surface area (Å²) in [6.07, 6.45) is 0. The summed E-state index contributed by atoms with van der Waals surface area (Å²) >= 11 is 0. The summed E-state index contributed by atoms with van der Waals surface area (Å²) in [6, 6.07) is 11.7.